The van der Waals surface area contributed by atoms with E-state index in [0.717, 1.165) is 12.8 Å². The molecule has 0 atom stereocenters. The van der Waals surface area contributed by atoms with Crippen LogP contribution in [0.5, 0.6) is 0 Å². The summed E-state index contributed by atoms with van der Waals surface area (Å²) in [7, 11) is 0. The molecule has 1 rings (SSSR count). The molecule has 0 radical (unpaired) electrons. The highest BCUT2D eigenvalue weighted by molar-refractivity contribution is 5.73. The summed E-state index contributed by atoms with van der Waals surface area (Å²) in [4.78, 5) is 11.2. The lowest BCUT2D eigenvalue weighted by Gasteiger charge is -2.45. The van der Waals surface area contributed by atoms with E-state index in [-0.39, 0.29) is 22.9 Å². The Morgan fingerprint density at radius 1 is 1.20 bits per heavy atom. The molecule has 0 aromatic heterocycles. The summed E-state index contributed by atoms with van der Waals surface area (Å²) in [6.45, 7) is 9.01. The van der Waals surface area contributed by atoms with Gasteiger partial charge in [0.2, 0.25) is 0 Å². The number of carbonyl (C=O) groups excluding carboxylic acids is 1. The van der Waals surface area contributed by atoms with Crippen molar-refractivity contribution in [2.75, 3.05) is 0 Å². The van der Waals surface area contributed by atoms with Gasteiger partial charge in [-0.15, -0.1) is 0 Å². The van der Waals surface area contributed by atoms with Crippen LogP contribution < -0.4 is 16.6 Å². The number of hydrogen-bond donors (Lipinski definition) is 3. The fraction of sp³-hybridized carbons (Fsp3) is 0.909. The normalized spacial score (nSPS) is 24.6. The fourth-order valence-corrected chi connectivity index (χ4v) is 3.18. The molecule has 0 unspecified atom stereocenters. The lowest BCUT2D eigenvalue weighted by molar-refractivity contribution is 0.0883. The minimum Gasteiger partial charge on any atom is -0.334 e. The van der Waals surface area contributed by atoms with Gasteiger partial charge in [-0.05, 0) is 30.1 Å². The van der Waals surface area contributed by atoms with Crippen molar-refractivity contribution < 1.29 is 4.79 Å². The van der Waals surface area contributed by atoms with Gasteiger partial charge in [0.05, 0.1) is 0 Å². The first-order valence-corrected chi connectivity index (χ1v) is 5.51. The Morgan fingerprint density at radius 3 is 2.07 bits per heavy atom. The van der Waals surface area contributed by atoms with Crippen LogP contribution >= 0.6 is 0 Å². The molecule has 1 fully saturated rings. The molecule has 0 aromatic rings. The summed E-state index contributed by atoms with van der Waals surface area (Å²) in [6.07, 6.45) is 3.23. The highest BCUT2D eigenvalue weighted by atomic mass is 16.2. The average molecular weight is 213 g/mol. The summed E-state index contributed by atoms with van der Waals surface area (Å²) in [5, 5.41) is 2.90. The number of nitrogens with one attached hydrogen (secondary N) is 2. The minimum atomic E-state index is -0.284. The van der Waals surface area contributed by atoms with Gasteiger partial charge in [0.15, 0.2) is 0 Å². The maximum atomic E-state index is 11.2. The number of amides is 2. The highest BCUT2D eigenvalue weighted by Gasteiger charge is 2.38. The summed E-state index contributed by atoms with van der Waals surface area (Å²) < 4.78 is 0. The second-order valence-electron chi connectivity index (χ2n) is 6.23. The molecule has 1 saturated carbocycles. The van der Waals surface area contributed by atoms with Crippen LogP contribution in [0.1, 0.15) is 47.0 Å². The van der Waals surface area contributed by atoms with Crippen molar-refractivity contribution in [3.63, 3.8) is 0 Å². The Hall–Kier alpha value is -0.770. The minimum absolute atomic E-state index is 0.229. The average Bonchev–Trinajstić information content (AvgIpc) is 1.97. The molecule has 88 valence electrons. The number of carbonyl (C=O) groups is 1. The smallest absolute Gasteiger partial charge is 0.329 e. The molecule has 0 bridgehead atoms. The second-order valence-corrected chi connectivity index (χ2v) is 6.23. The molecule has 2 amide bonds. The van der Waals surface area contributed by atoms with Crippen LogP contribution in [0.3, 0.4) is 0 Å². The number of nitrogens with two attached hydrogens (primary N) is 1. The van der Waals surface area contributed by atoms with Crippen molar-refractivity contribution in [1.82, 2.24) is 10.7 Å². The van der Waals surface area contributed by atoms with E-state index in [4.69, 9.17) is 5.84 Å². The molecule has 4 N–H and O–H groups in total. The van der Waals surface area contributed by atoms with Crippen LogP contribution in [-0.2, 0) is 0 Å². The van der Waals surface area contributed by atoms with Gasteiger partial charge in [0.25, 0.3) is 0 Å². The predicted molar refractivity (Wildman–Crippen MR) is 61.1 cm³/mol. The van der Waals surface area contributed by atoms with Gasteiger partial charge in [-0.25, -0.2) is 10.6 Å². The van der Waals surface area contributed by atoms with Crippen LogP contribution in [0.25, 0.3) is 0 Å². The van der Waals surface area contributed by atoms with Crippen LogP contribution in [0.4, 0.5) is 4.79 Å². The molecule has 0 aliphatic heterocycles. The fourth-order valence-electron chi connectivity index (χ4n) is 3.18. The summed E-state index contributed by atoms with van der Waals surface area (Å²) >= 11 is 0. The maximum absolute atomic E-state index is 11.2. The molecule has 0 spiro atoms. The molecular weight excluding hydrogens is 190 g/mol. The van der Waals surface area contributed by atoms with Gasteiger partial charge in [-0.2, -0.15) is 0 Å². The van der Waals surface area contributed by atoms with Gasteiger partial charge in [0.1, 0.15) is 0 Å². The Morgan fingerprint density at radius 2 is 1.67 bits per heavy atom. The predicted octanol–water partition coefficient (Wildman–Crippen LogP) is 1.76. The van der Waals surface area contributed by atoms with Crippen LogP contribution in [0.15, 0.2) is 0 Å². The van der Waals surface area contributed by atoms with Gasteiger partial charge in [-0.1, -0.05) is 27.7 Å². The van der Waals surface area contributed by atoms with Crippen molar-refractivity contribution in [2.45, 2.75) is 53.0 Å². The number of hydrogen-bond acceptors (Lipinski definition) is 2. The summed E-state index contributed by atoms with van der Waals surface area (Å²) in [6, 6.07) is -0.0548. The van der Waals surface area contributed by atoms with E-state index in [2.05, 4.69) is 38.4 Å². The first kappa shape index (κ1) is 12.3. The largest absolute Gasteiger partial charge is 0.334 e. The van der Waals surface area contributed by atoms with Crippen molar-refractivity contribution in [2.24, 2.45) is 16.7 Å². The molecule has 15 heavy (non-hydrogen) atoms. The molecule has 1 aliphatic rings. The third kappa shape index (κ3) is 3.70. The summed E-state index contributed by atoms with van der Waals surface area (Å²) in [5.74, 6) is 5.06. The lowest BCUT2D eigenvalue weighted by atomic mass is 9.63. The van der Waals surface area contributed by atoms with E-state index in [1.54, 1.807) is 0 Å². The quantitative estimate of drug-likeness (QED) is 0.353. The van der Waals surface area contributed by atoms with Crippen molar-refractivity contribution in [1.29, 1.82) is 0 Å². The third-order valence-electron chi connectivity index (χ3n) is 3.02. The van der Waals surface area contributed by atoms with Crippen LogP contribution in [-0.4, -0.2) is 12.1 Å². The van der Waals surface area contributed by atoms with E-state index in [1.807, 2.05) is 0 Å². The molecule has 4 heteroatoms. The third-order valence-corrected chi connectivity index (χ3v) is 3.02. The number of rotatable bonds is 1. The molecule has 0 saturated heterocycles. The van der Waals surface area contributed by atoms with E-state index in [0.29, 0.717) is 0 Å². The summed E-state index contributed by atoms with van der Waals surface area (Å²) in [5.41, 5.74) is 2.69. The molecule has 0 aromatic carbocycles. The van der Waals surface area contributed by atoms with Crippen LogP contribution in [0.2, 0.25) is 0 Å². The Labute approximate surface area is 92.0 Å². The maximum Gasteiger partial charge on any atom is 0.329 e. The molecular formula is C11H23N3O. The molecule has 0 heterocycles. The Bertz CT molecular complexity index is 232. The molecule has 1 aliphatic carbocycles. The first-order chi connectivity index (χ1) is 6.74. The SMILES string of the molecule is CC1(C)CC(NC(=O)NN)CC(C)(C)C1. The standard InChI is InChI=1S/C11H23N3O/c1-10(2)5-8(13-9(15)14-12)6-11(3,4)7-10/h8H,5-7,12H2,1-4H3,(H2,13,14,15). The Balaban J connectivity index is 2.63. The van der Waals surface area contributed by atoms with Crippen LogP contribution in [0, 0.1) is 10.8 Å². The topological polar surface area (TPSA) is 67.2 Å². The lowest BCUT2D eigenvalue weighted by Crippen LogP contribution is -2.50. The number of hydrazine groups is 1. The van der Waals surface area contributed by atoms with Gasteiger partial charge in [-0.3, -0.25) is 5.43 Å². The number of urea groups is 1. The van der Waals surface area contributed by atoms with E-state index >= 15 is 0 Å². The van der Waals surface area contributed by atoms with Gasteiger partial charge < -0.3 is 5.32 Å². The zero-order valence-corrected chi connectivity index (χ0v) is 10.2. The van der Waals surface area contributed by atoms with Crippen molar-refractivity contribution in [3.05, 3.63) is 0 Å². The van der Waals surface area contributed by atoms with E-state index in [9.17, 15) is 4.79 Å². The van der Waals surface area contributed by atoms with Gasteiger partial charge >= 0.3 is 6.03 Å². The van der Waals surface area contributed by atoms with E-state index in [1.165, 1.54) is 6.42 Å². The molecule has 4 nitrogen and oxygen atoms in total. The Kier molecular flexibility index (Phi) is 3.28. The zero-order valence-electron chi connectivity index (χ0n) is 10.2. The van der Waals surface area contributed by atoms with Crippen molar-refractivity contribution >= 4 is 6.03 Å². The van der Waals surface area contributed by atoms with Gasteiger partial charge in [0, 0.05) is 6.04 Å². The highest BCUT2D eigenvalue weighted by Crippen LogP contribution is 2.45. The second kappa shape index (κ2) is 4.00. The van der Waals surface area contributed by atoms with E-state index < -0.39 is 0 Å². The zero-order chi connectivity index (χ0) is 11.7. The first-order valence-electron chi connectivity index (χ1n) is 5.51. The van der Waals surface area contributed by atoms with Crippen molar-refractivity contribution in [3.8, 4) is 0 Å². The monoisotopic (exact) mass is 213 g/mol.